The molecule has 0 aliphatic carbocycles. The minimum absolute atomic E-state index is 0.157. The van der Waals surface area contributed by atoms with Crippen LogP contribution in [-0.2, 0) is 14.3 Å². The third kappa shape index (κ3) is 6.68. The number of hydrogen-bond acceptors (Lipinski definition) is 4. The lowest BCUT2D eigenvalue weighted by Crippen LogP contribution is -2.52. The SMILES string of the molecule is CC(C)(C)OC(=O)NCC(=O)N1CCN(C(=O)/C=C/c2ccccc2F)CC1. The first-order valence-corrected chi connectivity index (χ1v) is 9.12. The number of hydrogen-bond donors (Lipinski definition) is 1. The van der Waals surface area contributed by atoms with Crippen molar-refractivity contribution in [2.24, 2.45) is 0 Å². The summed E-state index contributed by atoms with van der Waals surface area (Å²) in [6, 6.07) is 6.21. The summed E-state index contributed by atoms with van der Waals surface area (Å²) < 4.78 is 18.7. The van der Waals surface area contributed by atoms with Crippen LogP contribution in [0, 0.1) is 5.82 Å². The van der Waals surface area contributed by atoms with Crippen LogP contribution in [0.4, 0.5) is 9.18 Å². The average Bonchev–Trinajstić information content (AvgIpc) is 2.64. The summed E-state index contributed by atoms with van der Waals surface area (Å²) in [5.74, 6) is -0.860. The number of carbonyl (C=O) groups is 3. The summed E-state index contributed by atoms with van der Waals surface area (Å²) in [7, 11) is 0. The van der Waals surface area contributed by atoms with Crippen LogP contribution >= 0.6 is 0 Å². The van der Waals surface area contributed by atoms with Gasteiger partial charge in [-0.1, -0.05) is 18.2 Å². The van der Waals surface area contributed by atoms with E-state index in [4.69, 9.17) is 4.74 Å². The van der Waals surface area contributed by atoms with Gasteiger partial charge in [-0.25, -0.2) is 9.18 Å². The minimum atomic E-state index is -0.645. The summed E-state index contributed by atoms with van der Waals surface area (Å²) in [6.07, 6.45) is 2.13. The van der Waals surface area contributed by atoms with Crippen LogP contribution in [-0.4, -0.2) is 66.0 Å². The second-order valence-electron chi connectivity index (χ2n) is 7.42. The Morgan fingerprint density at radius 2 is 1.71 bits per heavy atom. The molecule has 0 spiro atoms. The second-order valence-corrected chi connectivity index (χ2v) is 7.42. The van der Waals surface area contributed by atoms with Gasteiger partial charge in [0.15, 0.2) is 0 Å². The van der Waals surface area contributed by atoms with E-state index in [1.54, 1.807) is 48.8 Å². The molecular weight excluding hydrogens is 365 g/mol. The number of piperazine rings is 1. The van der Waals surface area contributed by atoms with Crippen molar-refractivity contribution in [1.29, 1.82) is 0 Å². The van der Waals surface area contributed by atoms with Gasteiger partial charge in [-0.15, -0.1) is 0 Å². The van der Waals surface area contributed by atoms with E-state index in [0.717, 1.165) is 0 Å². The fourth-order valence-corrected chi connectivity index (χ4v) is 2.63. The molecule has 2 rings (SSSR count). The fourth-order valence-electron chi connectivity index (χ4n) is 2.63. The highest BCUT2D eigenvalue weighted by atomic mass is 19.1. The number of halogens is 1. The molecule has 0 unspecified atom stereocenters. The Bertz CT molecular complexity index is 750. The molecule has 7 nitrogen and oxygen atoms in total. The standard InChI is InChI=1S/C20H26FN3O4/c1-20(2,3)28-19(27)22-14-18(26)24-12-10-23(11-13-24)17(25)9-8-15-6-4-5-7-16(15)21/h4-9H,10-14H2,1-3H3,(H,22,27)/b9-8+. The topological polar surface area (TPSA) is 79.0 Å². The number of rotatable bonds is 4. The zero-order valence-corrected chi connectivity index (χ0v) is 16.4. The third-order valence-electron chi connectivity index (χ3n) is 4.04. The zero-order chi connectivity index (χ0) is 20.7. The summed E-state index contributed by atoms with van der Waals surface area (Å²) in [4.78, 5) is 39.2. The van der Waals surface area contributed by atoms with E-state index in [-0.39, 0.29) is 24.2 Å². The lowest BCUT2D eigenvalue weighted by Gasteiger charge is -2.34. The normalized spacial score (nSPS) is 14.9. The molecule has 1 aromatic carbocycles. The van der Waals surface area contributed by atoms with E-state index in [1.165, 1.54) is 18.2 Å². The molecule has 0 saturated carbocycles. The van der Waals surface area contributed by atoms with Gasteiger partial charge >= 0.3 is 6.09 Å². The average molecular weight is 391 g/mol. The van der Waals surface area contributed by atoms with Gasteiger partial charge in [-0.05, 0) is 32.9 Å². The molecule has 0 radical (unpaired) electrons. The number of nitrogens with zero attached hydrogens (tertiary/aromatic N) is 2. The number of benzene rings is 1. The first-order valence-electron chi connectivity index (χ1n) is 9.12. The van der Waals surface area contributed by atoms with E-state index in [0.29, 0.717) is 31.7 Å². The Kier molecular flexibility index (Phi) is 7.14. The van der Waals surface area contributed by atoms with Crippen molar-refractivity contribution in [3.8, 4) is 0 Å². The molecule has 1 N–H and O–H groups in total. The smallest absolute Gasteiger partial charge is 0.408 e. The van der Waals surface area contributed by atoms with Gasteiger partial charge in [0, 0.05) is 37.8 Å². The number of carbonyl (C=O) groups excluding carboxylic acids is 3. The van der Waals surface area contributed by atoms with Crippen LogP contribution in [0.2, 0.25) is 0 Å². The summed E-state index contributed by atoms with van der Waals surface area (Å²) in [6.45, 7) is 6.55. The van der Waals surface area contributed by atoms with Crippen LogP contribution < -0.4 is 5.32 Å². The first kappa shape index (κ1) is 21.4. The molecule has 1 fully saturated rings. The number of alkyl carbamates (subject to hydrolysis) is 1. The van der Waals surface area contributed by atoms with Crippen molar-refractivity contribution in [3.63, 3.8) is 0 Å². The molecule has 1 heterocycles. The predicted molar refractivity (Wildman–Crippen MR) is 103 cm³/mol. The summed E-state index contributed by atoms with van der Waals surface area (Å²) in [5.41, 5.74) is -0.284. The van der Waals surface area contributed by atoms with Crippen molar-refractivity contribution in [2.45, 2.75) is 26.4 Å². The van der Waals surface area contributed by atoms with Crippen molar-refractivity contribution in [3.05, 3.63) is 41.7 Å². The van der Waals surface area contributed by atoms with Crippen molar-refractivity contribution >= 4 is 24.0 Å². The zero-order valence-electron chi connectivity index (χ0n) is 16.4. The Labute approximate surface area is 164 Å². The Hall–Kier alpha value is -2.90. The summed E-state index contributed by atoms with van der Waals surface area (Å²) >= 11 is 0. The molecule has 0 bridgehead atoms. The maximum absolute atomic E-state index is 13.6. The largest absolute Gasteiger partial charge is 0.444 e. The lowest BCUT2D eigenvalue weighted by atomic mass is 10.2. The molecule has 8 heteroatoms. The van der Waals surface area contributed by atoms with Gasteiger partial charge in [-0.2, -0.15) is 0 Å². The molecule has 1 aromatic rings. The highest BCUT2D eigenvalue weighted by Gasteiger charge is 2.24. The van der Waals surface area contributed by atoms with Gasteiger partial charge in [0.2, 0.25) is 11.8 Å². The maximum atomic E-state index is 13.6. The van der Waals surface area contributed by atoms with E-state index in [1.807, 2.05) is 0 Å². The predicted octanol–water partition coefficient (Wildman–Crippen LogP) is 2.03. The van der Waals surface area contributed by atoms with Gasteiger partial charge in [0.05, 0.1) is 0 Å². The molecule has 152 valence electrons. The van der Waals surface area contributed by atoms with Crippen molar-refractivity contribution < 1.29 is 23.5 Å². The molecule has 28 heavy (non-hydrogen) atoms. The minimum Gasteiger partial charge on any atom is -0.444 e. The molecule has 0 aromatic heterocycles. The van der Waals surface area contributed by atoms with Gasteiger partial charge in [0.1, 0.15) is 18.0 Å². The highest BCUT2D eigenvalue weighted by Crippen LogP contribution is 2.10. The molecule has 1 aliphatic heterocycles. The molecular formula is C20H26FN3O4. The van der Waals surface area contributed by atoms with Crippen LogP contribution in [0.5, 0.6) is 0 Å². The van der Waals surface area contributed by atoms with E-state index in [9.17, 15) is 18.8 Å². The van der Waals surface area contributed by atoms with Crippen molar-refractivity contribution in [2.75, 3.05) is 32.7 Å². The number of amides is 3. The van der Waals surface area contributed by atoms with Crippen LogP contribution in [0.15, 0.2) is 30.3 Å². The highest BCUT2D eigenvalue weighted by molar-refractivity contribution is 5.92. The Balaban J connectivity index is 1.77. The summed E-state index contributed by atoms with van der Waals surface area (Å²) in [5, 5.41) is 2.43. The van der Waals surface area contributed by atoms with Crippen LogP contribution in [0.1, 0.15) is 26.3 Å². The van der Waals surface area contributed by atoms with E-state index < -0.39 is 11.7 Å². The lowest BCUT2D eigenvalue weighted by molar-refractivity contribution is -0.136. The quantitative estimate of drug-likeness (QED) is 0.797. The van der Waals surface area contributed by atoms with Gasteiger partial charge in [0.25, 0.3) is 0 Å². The van der Waals surface area contributed by atoms with Crippen molar-refractivity contribution in [1.82, 2.24) is 15.1 Å². The van der Waals surface area contributed by atoms with Gasteiger partial charge < -0.3 is 19.9 Å². The van der Waals surface area contributed by atoms with E-state index >= 15 is 0 Å². The Morgan fingerprint density at radius 3 is 2.32 bits per heavy atom. The Morgan fingerprint density at radius 1 is 1.11 bits per heavy atom. The third-order valence-corrected chi connectivity index (χ3v) is 4.04. The first-order chi connectivity index (χ1) is 13.2. The molecule has 3 amide bonds. The van der Waals surface area contributed by atoms with Crippen LogP contribution in [0.3, 0.4) is 0 Å². The van der Waals surface area contributed by atoms with Crippen LogP contribution in [0.25, 0.3) is 6.08 Å². The van der Waals surface area contributed by atoms with Gasteiger partial charge in [-0.3, -0.25) is 9.59 Å². The monoisotopic (exact) mass is 391 g/mol. The number of nitrogens with one attached hydrogen (secondary N) is 1. The molecule has 1 aliphatic rings. The maximum Gasteiger partial charge on any atom is 0.408 e. The fraction of sp³-hybridized carbons (Fsp3) is 0.450. The molecule has 1 saturated heterocycles. The van der Waals surface area contributed by atoms with E-state index in [2.05, 4.69) is 5.32 Å². The second kappa shape index (κ2) is 9.34. The number of ether oxygens (including phenoxy) is 1. The molecule has 0 atom stereocenters.